The summed E-state index contributed by atoms with van der Waals surface area (Å²) in [5.41, 5.74) is 3.71. The molecule has 1 aliphatic rings. The Balaban J connectivity index is 1.53. The Morgan fingerprint density at radius 2 is 2.00 bits per heavy atom. The average molecular weight is 326 g/mol. The number of anilines is 1. The third-order valence-corrected chi connectivity index (χ3v) is 4.12. The van der Waals surface area contributed by atoms with E-state index in [1.807, 2.05) is 18.2 Å². The lowest BCUT2D eigenvalue weighted by molar-refractivity contribution is 0.0697. The molecular formula is C19H22N2O3. The Kier molecular flexibility index (Phi) is 5.01. The minimum atomic E-state index is -0.895. The van der Waals surface area contributed by atoms with E-state index in [9.17, 15) is 4.79 Å². The van der Waals surface area contributed by atoms with Crippen molar-refractivity contribution in [2.24, 2.45) is 0 Å². The van der Waals surface area contributed by atoms with Crippen LogP contribution in [-0.4, -0.2) is 30.3 Å². The SMILES string of the molecule is CC(Cc1ccc2c(c1)NCCO2)NCc1ccc(C(=O)O)cc1. The van der Waals surface area contributed by atoms with Crippen molar-refractivity contribution in [1.29, 1.82) is 0 Å². The fraction of sp³-hybridized carbons (Fsp3) is 0.316. The summed E-state index contributed by atoms with van der Waals surface area (Å²) in [4.78, 5) is 10.9. The van der Waals surface area contributed by atoms with Crippen molar-refractivity contribution in [3.8, 4) is 5.75 Å². The molecule has 0 radical (unpaired) electrons. The molecule has 3 rings (SSSR count). The summed E-state index contributed by atoms with van der Waals surface area (Å²) in [6.45, 7) is 4.42. The van der Waals surface area contributed by atoms with Crippen LogP contribution in [0.25, 0.3) is 0 Å². The third-order valence-electron chi connectivity index (χ3n) is 4.12. The van der Waals surface area contributed by atoms with Gasteiger partial charge in [-0.2, -0.15) is 0 Å². The quantitative estimate of drug-likeness (QED) is 0.761. The molecule has 0 amide bonds. The van der Waals surface area contributed by atoms with E-state index in [0.717, 1.165) is 30.0 Å². The number of carboxylic acid groups (broad SMARTS) is 1. The lowest BCUT2D eigenvalue weighted by Crippen LogP contribution is -2.27. The molecule has 2 aromatic carbocycles. The van der Waals surface area contributed by atoms with E-state index >= 15 is 0 Å². The number of nitrogens with one attached hydrogen (secondary N) is 2. The first-order valence-electron chi connectivity index (χ1n) is 8.17. The van der Waals surface area contributed by atoms with Crippen LogP contribution in [0.3, 0.4) is 0 Å². The molecule has 5 heteroatoms. The predicted octanol–water partition coefficient (Wildman–Crippen LogP) is 2.91. The first-order chi connectivity index (χ1) is 11.6. The summed E-state index contributed by atoms with van der Waals surface area (Å²) in [7, 11) is 0. The molecule has 1 atom stereocenters. The molecule has 2 aromatic rings. The zero-order valence-corrected chi connectivity index (χ0v) is 13.7. The number of hydrogen-bond acceptors (Lipinski definition) is 4. The van der Waals surface area contributed by atoms with E-state index in [0.29, 0.717) is 24.8 Å². The highest BCUT2D eigenvalue weighted by atomic mass is 16.5. The molecule has 5 nitrogen and oxygen atoms in total. The Morgan fingerprint density at radius 1 is 1.25 bits per heavy atom. The molecule has 0 aliphatic carbocycles. The van der Waals surface area contributed by atoms with Crippen molar-refractivity contribution in [1.82, 2.24) is 5.32 Å². The van der Waals surface area contributed by atoms with Gasteiger partial charge in [-0.3, -0.25) is 0 Å². The van der Waals surface area contributed by atoms with Gasteiger partial charge >= 0.3 is 5.97 Å². The van der Waals surface area contributed by atoms with Crippen LogP contribution in [0.4, 0.5) is 5.69 Å². The van der Waals surface area contributed by atoms with E-state index in [4.69, 9.17) is 9.84 Å². The first kappa shape index (κ1) is 16.3. The van der Waals surface area contributed by atoms with Gasteiger partial charge in [0.05, 0.1) is 11.3 Å². The summed E-state index contributed by atoms with van der Waals surface area (Å²) < 4.78 is 5.60. The Morgan fingerprint density at radius 3 is 2.75 bits per heavy atom. The van der Waals surface area contributed by atoms with Gasteiger partial charge in [0.15, 0.2) is 0 Å². The van der Waals surface area contributed by atoms with Crippen LogP contribution in [0.15, 0.2) is 42.5 Å². The number of ether oxygens (including phenoxy) is 1. The molecule has 24 heavy (non-hydrogen) atoms. The molecule has 0 bridgehead atoms. The second-order valence-electron chi connectivity index (χ2n) is 6.09. The van der Waals surface area contributed by atoms with Crippen LogP contribution in [0.2, 0.25) is 0 Å². The van der Waals surface area contributed by atoms with Crippen LogP contribution in [0.5, 0.6) is 5.75 Å². The first-order valence-corrected chi connectivity index (χ1v) is 8.17. The van der Waals surface area contributed by atoms with Crippen LogP contribution < -0.4 is 15.4 Å². The van der Waals surface area contributed by atoms with Gasteiger partial charge in [0.2, 0.25) is 0 Å². The highest BCUT2D eigenvalue weighted by Gasteiger charge is 2.11. The van der Waals surface area contributed by atoms with E-state index < -0.39 is 5.97 Å². The molecule has 126 valence electrons. The highest BCUT2D eigenvalue weighted by molar-refractivity contribution is 5.87. The normalized spacial score (nSPS) is 14.2. The van der Waals surface area contributed by atoms with Gasteiger partial charge < -0.3 is 20.5 Å². The lowest BCUT2D eigenvalue weighted by atomic mass is 10.0. The van der Waals surface area contributed by atoms with Crippen molar-refractivity contribution in [3.63, 3.8) is 0 Å². The van der Waals surface area contributed by atoms with Crippen molar-refractivity contribution in [2.45, 2.75) is 25.9 Å². The number of aromatic carboxylic acids is 1. The molecule has 0 aromatic heterocycles. The molecule has 1 aliphatic heterocycles. The topological polar surface area (TPSA) is 70.6 Å². The minimum absolute atomic E-state index is 0.312. The maximum absolute atomic E-state index is 10.9. The van der Waals surface area contributed by atoms with Crippen molar-refractivity contribution < 1.29 is 14.6 Å². The largest absolute Gasteiger partial charge is 0.490 e. The fourth-order valence-electron chi connectivity index (χ4n) is 2.80. The zero-order chi connectivity index (χ0) is 16.9. The molecule has 0 fully saturated rings. The zero-order valence-electron chi connectivity index (χ0n) is 13.7. The van der Waals surface area contributed by atoms with Gasteiger partial charge in [-0.05, 0) is 48.7 Å². The van der Waals surface area contributed by atoms with Gasteiger partial charge in [0.25, 0.3) is 0 Å². The van der Waals surface area contributed by atoms with Crippen molar-refractivity contribution >= 4 is 11.7 Å². The second-order valence-corrected chi connectivity index (χ2v) is 6.09. The smallest absolute Gasteiger partial charge is 0.335 e. The van der Waals surface area contributed by atoms with Gasteiger partial charge in [0.1, 0.15) is 12.4 Å². The van der Waals surface area contributed by atoms with Gasteiger partial charge in [-0.1, -0.05) is 18.2 Å². The molecule has 3 N–H and O–H groups in total. The Hall–Kier alpha value is -2.53. The van der Waals surface area contributed by atoms with Gasteiger partial charge in [0, 0.05) is 19.1 Å². The summed E-state index contributed by atoms with van der Waals surface area (Å²) in [6, 6.07) is 13.6. The van der Waals surface area contributed by atoms with Gasteiger partial charge in [-0.15, -0.1) is 0 Å². The summed E-state index contributed by atoms with van der Waals surface area (Å²) in [5, 5.41) is 15.7. The highest BCUT2D eigenvalue weighted by Crippen LogP contribution is 2.28. The maximum Gasteiger partial charge on any atom is 0.335 e. The average Bonchev–Trinajstić information content (AvgIpc) is 2.60. The number of carboxylic acids is 1. The molecule has 1 heterocycles. The monoisotopic (exact) mass is 326 g/mol. The van der Waals surface area contributed by atoms with Crippen LogP contribution in [-0.2, 0) is 13.0 Å². The summed E-state index contributed by atoms with van der Waals surface area (Å²) in [6.07, 6.45) is 0.919. The lowest BCUT2D eigenvalue weighted by Gasteiger charge is -2.21. The van der Waals surface area contributed by atoms with E-state index in [-0.39, 0.29) is 0 Å². The molecular weight excluding hydrogens is 304 g/mol. The van der Waals surface area contributed by atoms with Crippen molar-refractivity contribution in [2.75, 3.05) is 18.5 Å². The van der Waals surface area contributed by atoms with Crippen LogP contribution >= 0.6 is 0 Å². The number of benzene rings is 2. The standard InChI is InChI=1S/C19H22N2O3/c1-13(21-12-14-2-5-16(6-3-14)19(22)23)10-15-4-7-18-17(11-15)20-8-9-24-18/h2-7,11,13,20-21H,8-10,12H2,1H3,(H,22,23). The maximum atomic E-state index is 10.9. The Labute approximate surface area is 141 Å². The number of fused-ring (bicyclic) bond motifs is 1. The predicted molar refractivity (Wildman–Crippen MR) is 93.8 cm³/mol. The van der Waals surface area contributed by atoms with Crippen LogP contribution in [0.1, 0.15) is 28.4 Å². The number of rotatable bonds is 6. The Bertz CT molecular complexity index is 713. The van der Waals surface area contributed by atoms with Crippen molar-refractivity contribution in [3.05, 3.63) is 59.2 Å². The summed E-state index contributed by atoms with van der Waals surface area (Å²) >= 11 is 0. The third kappa shape index (κ3) is 4.06. The van der Waals surface area contributed by atoms with E-state index in [1.54, 1.807) is 12.1 Å². The van der Waals surface area contributed by atoms with E-state index in [1.165, 1.54) is 5.56 Å². The molecule has 0 saturated heterocycles. The molecule has 1 unspecified atom stereocenters. The summed E-state index contributed by atoms with van der Waals surface area (Å²) in [5.74, 6) is 0.0250. The minimum Gasteiger partial charge on any atom is -0.490 e. The fourth-order valence-corrected chi connectivity index (χ4v) is 2.80. The van der Waals surface area contributed by atoms with Crippen LogP contribution in [0, 0.1) is 0 Å². The molecule has 0 spiro atoms. The molecule has 0 saturated carbocycles. The number of carbonyl (C=O) groups is 1. The second kappa shape index (κ2) is 7.36. The number of hydrogen-bond donors (Lipinski definition) is 3. The van der Waals surface area contributed by atoms with E-state index in [2.05, 4.69) is 29.7 Å². The van der Waals surface area contributed by atoms with Gasteiger partial charge in [-0.25, -0.2) is 4.79 Å².